The number of aromatic nitrogens is 1. The van der Waals surface area contributed by atoms with Crippen LogP contribution in [0.5, 0.6) is 5.75 Å². The number of nitrogens with zero attached hydrogens (tertiary/aromatic N) is 3. The van der Waals surface area contributed by atoms with Crippen molar-refractivity contribution in [1.29, 1.82) is 0 Å². The molecule has 0 atom stereocenters. The summed E-state index contributed by atoms with van der Waals surface area (Å²) >= 11 is 6.18. The highest BCUT2D eigenvalue weighted by Crippen LogP contribution is 2.29. The van der Waals surface area contributed by atoms with Crippen molar-refractivity contribution >= 4 is 29.1 Å². The molecule has 1 fully saturated rings. The molecule has 24 heavy (non-hydrogen) atoms. The van der Waals surface area contributed by atoms with Gasteiger partial charge in [-0.15, -0.1) is 0 Å². The number of urea groups is 1. The number of piperazine rings is 1. The summed E-state index contributed by atoms with van der Waals surface area (Å²) in [6, 6.07) is 7.22. The van der Waals surface area contributed by atoms with Gasteiger partial charge in [0.2, 0.25) is 0 Å². The summed E-state index contributed by atoms with van der Waals surface area (Å²) < 4.78 is 10.1. The Morgan fingerprint density at radius 3 is 2.62 bits per heavy atom. The second kappa shape index (κ2) is 7.00. The Hall–Kier alpha value is -2.41. The first kappa shape index (κ1) is 16.4. The Balaban J connectivity index is 1.57. The molecule has 1 aliphatic rings. The molecule has 0 radical (unpaired) electrons. The molecule has 1 aliphatic heterocycles. The maximum atomic E-state index is 12.2. The molecule has 3 rings (SSSR count). The summed E-state index contributed by atoms with van der Waals surface area (Å²) in [5, 5.41) is 7.09. The van der Waals surface area contributed by atoms with Gasteiger partial charge < -0.3 is 19.1 Å². The highest BCUT2D eigenvalue weighted by atomic mass is 35.5. The van der Waals surface area contributed by atoms with E-state index in [0.29, 0.717) is 35.4 Å². The number of nitrogens with one attached hydrogen (secondary N) is 1. The molecule has 2 aromatic rings. The van der Waals surface area contributed by atoms with Crippen LogP contribution < -0.4 is 15.0 Å². The summed E-state index contributed by atoms with van der Waals surface area (Å²) in [6.45, 7) is 4.47. The predicted octanol–water partition coefficient (Wildman–Crippen LogP) is 3.00. The number of carbonyl (C=O) groups is 1. The lowest BCUT2D eigenvalue weighted by Gasteiger charge is -2.36. The number of rotatable bonds is 3. The van der Waals surface area contributed by atoms with Crippen LogP contribution in [0.25, 0.3) is 0 Å². The maximum absolute atomic E-state index is 12.2. The van der Waals surface area contributed by atoms with E-state index in [-0.39, 0.29) is 6.03 Å². The Morgan fingerprint density at radius 2 is 2.04 bits per heavy atom. The summed E-state index contributed by atoms with van der Waals surface area (Å²) in [7, 11) is 1.59. The van der Waals surface area contributed by atoms with Crippen LogP contribution in [0.3, 0.4) is 0 Å². The molecule has 0 unspecified atom stereocenters. The highest BCUT2D eigenvalue weighted by molar-refractivity contribution is 6.32. The van der Waals surface area contributed by atoms with Crippen molar-refractivity contribution in [2.24, 2.45) is 0 Å². The largest absolute Gasteiger partial charge is 0.495 e. The molecule has 1 N–H and O–H groups in total. The Morgan fingerprint density at radius 1 is 1.29 bits per heavy atom. The summed E-state index contributed by atoms with van der Waals surface area (Å²) in [6.07, 6.45) is 0. The molecule has 0 aliphatic carbocycles. The molecule has 8 heteroatoms. The van der Waals surface area contributed by atoms with Crippen LogP contribution in [-0.2, 0) is 0 Å². The summed E-state index contributed by atoms with van der Waals surface area (Å²) in [4.78, 5) is 16.2. The normalized spacial score (nSPS) is 14.6. The van der Waals surface area contributed by atoms with Crippen LogP contribution in [0.1, 0.15) is 5.76 Å². The third-order valence-electron chi connectivity index (χ3n) is 3.93. The van der Waals surface area contributed by atoms with Gasteiger partial charge in [-0.2, -0.15) is 0 Å². The average Bonchev–Trinajstić information content (AvgIpc) is 2.99. The van der Waals surface area contributed by atoms with E-state index in [1.54, 1.807) is 25.0 Å². The van der Waals surface area contributed by atoms with Gasteiger partial charge in [0.05, 0.1) is 12.1 Å². The van der Waals surface area contributed by atoms with Gasteiger partial charge in [-0.25, -0.2) is 4.79 Å². The number of aryl methyl sites for hydroxylation is 1. The Labute approximate surface area is 145 Å². The van der Waals surface area contributed by atoms with Crippen molar-refractivity contribution in [2.45, 2.75) is 6.92 Å². The molecular formula is C16H19ClN4O3. The second-order valence-corrected chi connectivity index (χ2v) is 5.95. The van der Waals surface area contributed by atoms with Crippen LogP contribution >= 0.6 is 11.6 Å². The van der Waals surface area contributed by atoms with Gasteiger partial charge >= 0.3 is 6.03 Å². The lowest BCUT2D eigenvalue weighted by Crippen LogP contribution is -2.50. The number of methoxy groups -OCH3 is 1. The van der Waals surface area contributed by atoms with Crippen LogP contribution in [0.15, 0.2) is 28.8 Å². The molecule has 1 aromatic heterocycles. The third kappa shape index (κ3) is 3.56. The van der Waals surface area contributed by atoms with Crippen molar-refractivity contribution in [3.63, 3.8) is 0 Å². The summed E-state index contributed by atoms with van der Waals surface area (Å²) in [5.74, 6) is 1.75. The topological polar surface area (TPSA) is 70.8 Å². The van der Waals surface area contributed by atoms with Crippen molar-refractivity contribution < 1.29 is 14.1 Å². The molecular weight excluding hydrogens is 332 g/mol. The van der Waals surface area contributed by atoms with Gasteiger partial charge in [-0.3, -0.25) is 5.32 Å². The maximum Gasteiger partial charge on any atom is 0.323 e. The van der Waals surface area contributed by atoms with Crippen LogP contribution in [0.2, 0.25) is 5.02 Å². The fourth-order valence-corrected chi connectivity index (χ4v) is 2.89. The van der Waals surface area contributed by atoms with Gasteiger partial charge in [0, 0.05) is 37.9 Å². The Bertz CT molecular complexity index is 726. The van der Waals surface area contributed by atoms with Gasteiger partial charge in [0.25, 0.3) is 0 Å². The molecule has 128 valence electrons. The SMILES string of the molecule is COc1ccc(N2CCN(C(=O)Nc3cc(C)on3)CC2)cc1Cl. The van der Waals surface area contributed by atoms with Gasteiger partial charge in [-0.05, 0) is 25.1 Å². The quantitative estimate of drug-likeness (QED) is 0.921. The number of benzene rings is 1. The van der Waals surface area contributed by atoms with Crippen molar-refractivity contribution in [1.82, 2.24) is 10.1 Å². The second-order valence-electron chi connectivity index (χ2n) is 5.55. The zero-order valence-corrected chi connectivity index (χ0v) is 14.3. The van der Waals surface area contributed by atoms with Crippen molar-refractivity contribution in [3.05, 3.63) is 35.0 Å². The van der Waals surface area contributed by atoms with Crippen LogP contribution in [0.4, 0.5) is 16.3 Å². The third-order valence-corrected chi connectivity index (χ3v) is 4.23. The average molecular weight is 351 g/mol. The lowest BCUT2D eigenvalue weighted by atomic mass is 10.2. The molecule has 0 bridgehead atoms. The monoisotopic (exact) mass is 350 g/mol. The minimum absolute atomic E-state index is 0.171. The van der Waals surface area contributed by atoms with E-state index < -0.39 is 0 Å². The number of amides is 2. The molecule has 2 heterocycles. The molecule has 1 saturated heterocycles. The van der Waals surface area contributed by atoms with Crippen molar-refractivity contribution in [3.8, 4) is 5.75 Å². The standard InChI is InChI=1S/C16H19ClN4O3/c1-11-9-15(19-24-11)18-16(22)21-7-5-20(6-8-21)12-3-4-14(23-2)13(17)10-12/h3-4,9-10H,5-8H2,1-2H3,(H,18,19,22). The van der Waals surface area contributed by atoms with Crippen molar-refractivity contribution in [2.75, 3.05) is 43.5 Å². The van der Waals surface area contributed by atoms with E-state index in [4.69, 9.17) is 20.9 Å². The number of hydrogen-bond acceptors (Lipinski definition) is 5. The van der Waals surface area contributed by atoms with E-state index in [0.717, 1.165) is 18.8 Å². The smallest absolute Gasteiger partial charge is 0.323 e. The van der Waals surface area contributed by atoms with E-state index in [1.807, 2.05) is 18.2 Å². The first-order chi connectivity index (χ1) is 11.6. The fourth-order valence-electron chi connectivity index (χ4n) is 2.63. The van der Waals surface area contributed by atoms with Gasteiger partial charge in [0.1, 0.15) is 11.5 Å². The predicted molar refractivity (Wildman–Crippen MR) is 92.0 cm³/mol. The van der Waals surface area contributed by atoms with E-state index in [9.17, 15) is 4.79 Å². The number of ether oxygens (including phenoxy) is 1. The van der Waals surface area contributed by atoms with Crippen LogP contribution in [-0.4, -0.2) is 49.4 Å². The number of anilines is 2. The Kier molecular flexibility index (Phi) is 4.80. The van der Waals surface area contributed by atoms with Gasteiger partial charge in [-0.1, -0.05) is 16.8 Å². The zero-order valence-electron chi connectivity index (χ0n) is 13.6. The molecule has 0 saturated carbocycles. The van der Waals surface area contributed by atoms with E-state index in [1.165, 1.54) is 0 Å². The van der Waals surface area contributed by atoms with Crippen LogP contribution in [0, 0.1) is 6.92 Å². The minimum Gasteiger partial charge on any atom is -0.495 e. The zero-order chi connectivity index (χ0) is 17.1. The molecule has 7 nitrogen and oxygen atoms in total. The minimum atomic E-state index is -0.171. The van der Waals surface area contributed by atoms with E-state index >= 15 is 0 Å². The number of carbonyl (C=O) groups excluding carboxylic acids is 1. The lowest BCUT2D eigenvalue weighted by molar-refractivity contribution is 0.208. The first-order valence-corrected chi connectivity index (χ1v) is 8.02. The molecule has 0 spiro atoms. The molecule has 2 amide bonds. The van der Waals surface area contributed by atoms with E-state index in [2.05, 4.69) is 15.4 Å². The highest BCUT2D eigenvalue weighted by Gasteiger charge is 2.22. The number of halogens is 1. The number of hydrogen-bond donors (Lipinski definition) is 1. The fraction of sp³-hybridized carbons (Fsp3) is 0.375. The van der Waals surface area contributed by atoms with Gasteiger partial charge in [0.15, 0.2) is 5.82 Å². The molecule has 1 aromatic carbocycles. The first-order valence-electron chi connectivity index (χ1n) is 7.64. The summed E-state index contributed by atoms with van der Waals surface area (Å²) in [5.41, 5.74) is 1.02.